The van der Waals surface area contributed by atoms with E-state index in [0.29, 0.717) is 23.2 Å². The van der Waals surface area contributed by atoms with Crippen molar-refractivity contribution in [2.24, 2.45) is 0 Å². The van der Waals surface area contributed by atoms with Crippen LogP contribution in [-0.2, 0) is 19.1 Å². The van der Waals surface area contributed by atoms with Crippen LogP contribution in [0.5, 0.6) is 0 Å². The fraction of sp³-hybridized carbons (Fsp3) is 0.292. The fourth-order valence-electron chi connectivity index (χ4n) is 2.82. The summed E-state index contributed by atoms with van der Waals surface area (Å²) in [6, 6.07) is 16.0. The number of hydrogen-bond donors (Lipinski definition) is 1. The van der Waals surface area contributed by atoms with Gasteiger partial charge in [0.25, 0.3) is 0 Å². The molecular formula is C24H27NO5. The van der Waals surface area contributed by atoms with Crippen LogP contribution in [0.25, 0.3) is 0 Å². The summed E-state index contributed by atoms with van der Waals surface area (Å²) in [5, 5.41) is 3.01. The van der Waals surface area contributed by atoms with Gasteiger partial charge >= 0.3 is 11.9 Å². The molecule has 0 fully saturated rings. The molecular weight excluding hydrogens is 382 g/mol. The molecule has 0 radical (unpaired) electrons. The molecule has 0 aliphatic heterocycles. The lowest BCUT2D eigenvalue weighted by molar-refractivity contribution is -0.140. The van der Waals surface area contributed by atoms with Crippen LogP contribution < -0.4 is 5.32 Å². The number of carbonyl (C=O) groups excluding carboxylic acids is 3. The summed E-state index contributed by atoms with van der Waals surface area (Å²) >= 11 is 0. The van der Waals surface area contributed by atoms with Crippen molar-refractivity contribution in [1.82, 2.24) is 0 Å². The molecule has 0 spiro atoms. The van der Waals surface area contributed by atoms with Gasteiger partial charge in [0, 0.05) is 23.9 Å². The third-order valence-electron chi connectivity index (χ3n) is 4.34. The molecule has 0 saturated carbocycles. The number of para-hydroxylation sites is 1. The topological polar surface area (TPSA) is 81.7 Å². The van der Waals surface area contributed by atoms with Gasteiger partial charge in [-0.2, -0.15) is 0 Å². The van der Waals surface area contributed by atoms with E-state index in [1.54, 1.807) is 44.2 Å². The van der Waals surface area contributed by atoms with Crippen molar-refractivity contribution in [2.75, 3.05) is 11.9 Å². The van der Waals surface area contributed by atoms with Gasteiger partial charge in [0.2, 0.25) is 0 Å². The molecule has 0 heterocycles. The number of Topliss-reactive ketones (excluding diaryl/α,β-unsaturated/α-hetero) is 1. The standard InChI is InChI=1S/C24H27NO5/c1-4-11-22(26)20(24(28)29-5-2)16-25-21-15-10-9-14-19(21)17(3)30-23(27)18-12-7-6-8-13-18/h6-10,12-17,25H,4-5,11H2,1-3H3/b20-16-. The summed E-state index contributed by atoms with van der Waals surface area (Å²) in [4.78, 5) is 36.9. The normalized spacial score (nSPS) is 12.0. The van der Waals surface area contributed by atoms with Crippen LogP contribution in [0.4, 0.5) is 5.69 Å². The molecule has 2 aromatic rings. The molecule has 1 atom stereocenters. The number of carbonyl (C=O) groups is 3. The second-order valence-corrected chi connectivity index (χ2v) is 6.60. The minimum atomic E-state index is -0.663. The Morgan fingerprint density at radius 1 is 1.00 bits per heavy atom. The summed E-state index contributed by atoms with van der Waals surface area (Å²) in [5.41, 5.74) is 1.76. The Morgan fingerprint density at radius 2 is 1.67 bits per heavy atom. The lowest BCUT2D eigenvalue weighted by atomic mass is 10.1. The molecule has 6 heteroatoms. The molecule has 0 aliphatic carbocycles. The Bertz CT molecular complexity index is 885. The summed E-state index contributed by atoms with van der Waals surface area (Å²) < 4.78 is 10.6. The molecule has 1 unspecified atom stereocenters. The third kappa shape index (κ3) is 6.30. The van der Waals surface area contributed by atoms with Crippen LogP contribution in [0.15, 0.2) is 66.4 Å². The second-order valence-electron chi connectivity index (χ2n) is 6.60. The van der Waals surface area contributed by atoms with E-state index in [0.717, 1.165) is 0 Å². The minimum absolute atomic E-state index is 0.0394. The van der Waals surface area contributed by atoms with Gasteiger partial charge in [-0.3, -0.25) is 4.79 Å². The first kappa shape index (κ1) is 22.9. The Morgan fingerprint density at radius 3 is 2.33 bits per heavy atom. The van der Waals surface area contributed by atoms with Gasteiger partial charge in [-0.15, -0.1) is 0 Å². The highest BCUT2D eigenvalue weighted by Crippen LogP contribution is 2.26. The van der Waals surface area contributed by atoms with Crippen molar-refractivity contribution in [1.29, 1.82) is 0 Å². The zero-order valence-electron chi connectivity index (χ0n) is 17.5. The highest BCUT2D eigenvalue weighted by atomic mass is 16.5. The number of nitrogens with one attached hydrogen (secondary N) is 1. The van der Waals surface area contributed by atoms with Gasteiger partial charge in [0.1, 0.15) is 11.7 Å². The maximum Gasteiger partial charge on any atom is 0.343 e. The monoisotopic (exact) mass is 409 g/mol. The average Bonchev–Trinajstić information content (AvgIpc) is 2.75. The van der Waals surface area contributed by atoms with Crippen molar-refractivity contribution < 1.29 is 23.9 Å². The van der Waals surface area contributed by atoms with Gasteiger partial charge in [0.15, 0.2) is 5.78 Å². The lowest BCUT2D eigenvalue weighted by Gasteiger charge is -2.17. The maximum atomic E-state index is 12.4. The molecule has 0 amide bonds. The summed E-state index contributed by atoms with van der Waals surface area (Å²) in [6.45, 7) is 5.50. The zero-order chi connectivity index (χ0) is 21.9. The van der Waals surface area contributed by atoms with Gasteiger partial charge in [-0.1, -0.05) is 43.3 Å². The number of ketones is 1. The SMILES string of the molecule is CCCC(=O)/C(=C/Nc1ccccc1C(C)OC(=O)c1ccccc1)C(=O)OCC. The first-order chi connectivity index (χ1) is 14.5. The highest BCUT2D eigenvalue weighted by molar-refractivity contribution is 6.17. The van der Waals surface area contributed by atoms with Crippen molar-refractivity contribution >= 4 is 23.4 Å². The number of rotatable bonds is 10. The molecule has 0 aromatic heterocycles. The molecule has 2 aromatic carbocycles. The van der Waals surface area contributed by atoms with Crippen molar-refractivity contribution in [3.05, 3.63) is 77.5 Å². The molecule has 1 N–H and O–H groups in total. The van der Waals surface area contributed by atoms with Crippen molar-refractivity contribution in [3.8, 4) is 0 Å². The highest BCUT2D eigenvalue weighted by Gasteiger charge is 2.20. The van der Waals surface area contributed by atoms with E-state index in [1.165, 1.54) is 6.20 Å². The zero-order valence-corrected chi connectivity index (χ0v) is 17.5. The average molecular weight is 409 g/mol. The van der Waals surface area contributed by atoms with E-state index in [1.807, 2.05) is 31.2 Å². The maximum absolute atomic E-state index is 12.4. The van der Waals surface area contributed by atoms with Crippen molar-refractivity contribution in [3.63, 3.8) is 0 Å². The first-order valence-electron chi connectivity index (χ1n) is 9.99. The summed E-state index contributed by atoms with van der Waals surface area (Å²) in [5.74, 6) is -1.38. The Kier molecular flexibility index (Phi) is 8.81. The molecule has 2 rings (SSSR count). The van der Waals surface area contributed by atoms with Crippen LogP contribution in [0.2, 0.25) is 0 Å². The predicted molar refractivity (Wildman–Crippen MR) is 115 cm³/mol. The Balaban J connectivity index is 2.22. The number of esters is 2. The first-order valence-corrected chi connectivity index (χ1v) is 9.99. The van der Waals surface area contributed by atoms with E-state index in [4.69, 9.17) is 9.47 Å². The lowest BCUT2D eigenvalue weighted by Crippen LogP contribution is -2.17. The van der Waals surface area contributed by atoms with Crippen LogP contribution in [0, 0.1) is 0 Å². The molecule has 6 nitrogen and oxygen atoms in total. The minimum Gasteiger partial charge on any atom is -0.462 e. The summed E-state index contributed by atoms with van der Waals surface area (Å²) in [6.07, 6.45) is 1.69. The molecule has 0 bridgehead atoms. The second kappa shape index (κ2) is 11.6. The fourth-order valence-corrected chi connectivity index (χ4v) is 2.82. The van der Waals surface area contributed by atoms with E-state index in [-0.39, 0.29) is 24.4 Å². The van der Waals surface area contributed by atoms with E-state index in [2.05, 4.69) is 5.32 Å². The van der Waals surface area contributed by atoms with E-state index >= 15 is 0 Å². The molecule has 30 heavy (non-hydrogen) atoms. The number of anilines is 1. The van der Waals surface area contributed by atoms with Crippen LogP contribution in [0.3, 0.4) is 0 Å². The number of benzene rings is 2. The Hall–Kier alpha value is -3.41. The predicted octanol–water partition coefficient (Wildman–Crippen LogP) is 4.83. The van der Waals surface area contributed by atoms with Crippen LogP contribution >= 0.6 is 0 Å². The van der Waals surface area contributed by atoms with Gasteiger partial charge in [-0.05, 0) is 38.5 Å². The van der Waals surface area contributed by atoms with E-state index in [9.17, 15) is 14.4 Å². The molecule has 158 valence electrons. The van der Waals surface area contributed by atoms with Gasteiger partial charge in [0.05, 0.1) is 12.2 Å². The molecule has 0 saturated heterocycles. The number of ether oxygens (including phenoxy) is 2. The van der Waals surface area contributed by atoms with Crippen LogP contribution in [-0.4, -0.2) is 24.3 Å². The number of hydrogen-bond acceptors (Lipinski definition) is 6. The smallest absolute Gasteiger partial charge is 0.343 e. The van der Waals surface area contributed by atoms with E-state index < -0.39 is 18.0 Å². The quantitative estimate of drug-likeness (QED) is 0.262. The van der Waals surface area contributed by atoms with Crippen LogP contribution in [0.1, 0.15) is 55.6 Å². The molecule has 0 aliphatic rings. The Labute approximate surface area is 176 Å². The third-order valence-corrected chi connectivity index (χ3v) is 4.34. The largest absolute Gasteiger partial charge is 0.462 e. The van der Waals surface area contributed by atoms with Crippen molar-refractivity contribution in [2.45, 2.75) is 39.7 Å². The van der Waals surface area contributed by atoms with Gasteiger partial charge < -0.3 is 14.8 Å². The van der Waals surface area contributed by atoms with Gasteiger partial charge in [-0.25, -0.2) is 9.59 Å². The summed E-state index contributed by atoms with van der Waals surface area (Å²) in [7, 11) is 0.